The maximum Gasteiger partial charge on any atom is 0.256 e. The van der Waals surface area contributed by atoms with Gasteiger partial charge in [-0.2, -0.15) is 0 Å². The summed E-state index contributed by atoms with van der Waals surface area (Å²) < 4.78 is 5.43. The maximum absolute atomic E-state index is 12.9. The molecule has 1 N–H and O–H groups in total. The van der Waals surface area contributed by atoms with Crippen molar-refractivity contribution >= 4 is 11.8 Å². The summed E-state index contributed by atoms with van der Waals surface area (Å²) in [5.41, 5.74) is 2.21. The molecule has 0 spiro atoms. The molecule has 0 radical (unpaired) electrons. The third kappa shape index (κ3) is 4.25. The van der Waals surface area contributed by atoms with Crippen LogP contribution in [0.3, 0.4) is 0 Å². The van der Waals surface area contributed by atoms with Crippen LogP contribution in [0.15, 0.2) is 6.07 Å². The number of nitrogens with one attached hydrogen (secondary N) is 1. The molecule has 1 aromatic heterocycles. The Morgan fingerprint density at radius 3 is 2.67 bits per heavy atom. The molecule has 0 unspecified atom stereocenters. The molecule has 148 valence electrons. The van der Waals surface area contributed by atoms with E-state index in [2.05, 4.69) is 24.1 Å². The molecule has 2 amide bonds. The van der Waals surface area contributed by atoms with Crippen LogP contribution in [0.25, 0.3) is 0 Å². The van der Waals surface area contributed by atoms with Crippen molar-refractivity contribution < 1.29 is 14.3 Å². The van der Waals surface area contributed by atoms with E-state index in [1.807, 2.05) is 11.0 Å². The second kappa shape index (κ2) is 8.72. The molecule has 1 saturated carbocycles. The lowest BCUT2D eigenvalue weighted by molar-refractivity contribution is -0.122. The fraction of sp³-hybridized carbons (Fsp3) is 0.667. The van der Waals surface area contributed by atoms with E-state index < -0.39 is 0 Å². The highest BCUT2D eigenvalue weighted by atomic mass is 16.5. The van der Waals surface area contributed by atoms with Gasteiger partial charge in [0.1, 0.15) is 0 Å². The number of rotatable bonds is 8. The number of hydrogen-bond donors (Lipinski definition) is 1. The Balaban J connectivity index is 1.70. The molecule has 2 heterocycles. The molecule has 1 aliphatic heterocycles. The number of aromatic nitrogens is 1. The van der Waals surface area contributed by atoms with Gasteiger partial charge in [-0.25, -0.2) is 4.98 Å². The van der Waals surface area contributed by atoms with Gasteiger partial charge in [-0.1, -0.05) is 39.5 Å². The molecule has 0 saturated heterocycles. The number of pyridine rings is 1. The highest BCUT2D eigenvalue weighted by molar-refractivity contribution is 5.98. The summed E-state index contributed by atoms with van der Waals surface area (Å²) in [4.78, 5) is 31.6. The first-order valence-electron chi connectivity index (χ1n) is 10.2. The number of nitrogens with zero attached hydrogens (tertiary/aromatic N) is 2. The lowest BCUT2D eigenvalue weighted by Gasteiger charge is -2.22. The minimum absolute atomic E-state index is 0.0326. The number of amides is 2. The second-order valence-corrected chi connectivity index (χ2v) is 7.69. The summed E-state index contributed by atoms with van der Waals surface area (Å²) in [5, 5.41) is 2.96. The smallest absolute Gasteiger partial charge is 0.256 e. The molecule has 0 bridgehead atoms. The van der Waals surface area contributed by atoms with Gasteiger partial charge in [-0.05, 0) is 24.8 Å². The van der Waals surface area contributed by atoms with Crippen LogP contribution in [0.1, 0.15) is 80.4 Å². The topological polar surface area (TPSA) is 71.5 Å². The van der Waals surface area contributed by atoms with Crippen LogP contribution in [0.5, 0.6) is 5.88 Å². The minimum Gasteiger partial charge on any atom is -0.481 e. The van der Waals surface area contributed by atoms with Gasteiger partial charge in [-0.3, -0.25) is 9.59 Å². The van der Waals surface area contributed by atoms with Crippen LogP contribution in [0.2, 0.25) is 0 Å². The molecule has 0 aromatic carbocycles. The number of ether oxygens (including phenoxy) is 1. The molecule has 2 aliphatic rings. The van der Waals surface area contributed by atoms with Crippen molar-refractivity contribution in [3.8, 4) is 5.88 Å². The summed E-state index contributed by atoms with van der Waals surface area (Å²) in [7, 11) is 1.58. The molecular weight excluding hydrogens is 342 g/mol. The van der Waals surface area contributed by atoms with Crippen molar-refractivity contribution in [1.82, 2.24) is 15.2 Å². The summed E-state index contributed by atoms with van der Waals surface area (Å²) in [6.07, 6.45) is 7.07. The van der Waals surface area contributed by atoms with Gasteiger partial charge in [0.15, 0.2) is 0 Å². The van der Waals surface area contributed by atoms with E-state index in [4.69, 9.17) is 4.74 Å². The van der Waals surface area contributed by atoms with Crippen molar-refractivity contribution in [3.05, 3.63) is 22.9 Å². The Morgan fingerprint density at radius 2 is 2.04 bits per heavy atom. The fourth-order valence-electron chi connectivity index (χ4n) is 4.19. The summed E-state index contributed by atoms with van der Waals surface area (Å²) in [6.45, 7) is 5.11. The molecule has 1 fully saturated rings. The highest BCUT2D eigenvalue weighted by Gasteiger charge is 2.35. The van der Waals surface area contributed by atoms with E-state index in [0.717, 1.165) is 36.9 Å². The lowest BCUT2D eigenvalue weighted by atomic mass is 9.99. The normalized spacial score (nSPS) is 16.9. The van der Waals surface area contributed by atoms with Crippen LogP contribution in [0, 0.1) is 5.92 Å². The van der Waals surface area contributed by atoms with Crippen molar-refractivity contribution in [2.75, 3.05) is 7.11 Å². The number of methoxy groups -OCH3 is 1. The second-order valence-electron chi connectivity index (χ2n) is 7.69. The van der Waals surface area contributed by atoms with E-state index in [-0.39, 0.29) is 11.8 Å². The average Bonchev–Trinajstić information content (AvgIpc) is 3.31. The monoisotopic (exact) mass is 373 g/mol. The fourth-order valence-corrected chi connectivity index (χ4v) is 4.19. The summed E-state index contributed by atoms with van der Waals surface area (Å²) in [5.74, 6) is 1.01. The van der Waals surface area contributed by atoms with Gasteiger partial charge >= 0.3 is 0 Å². The molecule has 6 nitrogen and oxygen atoms in total. The van der Waals surface area contributed by atoms with Crippen molar-refractivity contribution in [3.63, 3.8) is 0 Å². The van der Waals surface area contributed by atoms with E-state index >= 15 is 0 Å². The Labute approximate surface area is 161 Å². The van der Waals surface area contributed by atoms with E-state index in [9.17, 15) is 9.59 Å². The number of fused-ring (bicyclic) bond motifs is 1. The third-order valence-corrected chi connectivity index (χ3v) is 6.02. The predicted molar refractivity (Wildman–Crippen MR) is 103 cm³/mol. The Bertz CT molecular complexity index is 694. The first kappa shape index (κ1) is 19.6. The van der Waals surface area contributed by atoms with Gasteiger partial charge in [0.05, 0.1) is 24.9 Å². The largest absolute Gasteiger partial charge is 0.481 e. The first-order chi connectivity index (χ1) is 13.1. The van der Waals surface area contributed by atoms with Gasteiger partial charge in [0.25, 0.3) is 5.91 Å². The van der Waals surface area contributed by atoms with Crippen molar-refractivity contribution in [2.45, 2.75) is 77.9 Å². The molecule has 1 aromatic rings. The lowest BCUT2D eigenvalue weighted by Crippen LogP contribution is -2.33. The Hall–Kier alpha value is -2.11. The SMILES string of the molecule is CCC(CC)CC(=O)NCc1cc2c(nc1OC)CN(C1CCCC1)C2=O. The summed E-state index contributed by atoms with van der Waals surface area (Å²) >= 11 is 0. The zero-order chi connectivity index (χ0) is 19.4. The van der Waals surface area contributed by atoms with Crippen LogP contribution in [-0.4, -0.2) is 34.8 Å². The quantitative estimate of drug-likeness (QED) is 0.758. The first-order valence-corrected chi connectivity index (χ1v) is 10.2. The average molecular weight is 373 g/mol. The molecule has 6 heteroatoms. The van der Waals surface area contributed by atoms with Gasteiger partial charge in [0, 0.05) is 24.6 Å². The highest BCUT2D eigenvalue weighted by Crippen LogP contribution is 2.33. The van der Waals surface area contributed by atoms with Crippen molar-refractivity contribution in [1.29, 1.82) is 0 Å². The zero-order valence-electron chi connectivity index (χ0n) is 16.7. The van der Waals surface area contributed by atoms with Gasteiger partial charge in [0.2, 0.25) is 11.8 Å². The van der Waals surface area contributed by atoms with Gasteiger partial charge < -0.3 is 15.0 Å². The standard InChI is InChI=1S/C21H31N3O3/c1-4-14(5-2)10-19(25)22-12-15-11-17-18(23-20(15)27-3)13-24(21(17)26)16-8-6-7-9-16/h11,14,16H,4-10,12-13H2,1-3H3,(H,22,25). The van der Waals surface area contributed by atoms with Crippen LogP contribution in [-0.2, 0) is 17.9 Å². The van der Waals surface area contributed by atoms with Gasteiger partial charge in [-0.15, -0.1) is 0 Å². The molecule has 1 aliphatic carbocycles. The Morgan fingerprint density at radius 1 is 1.33 bits per heavy atom. The van der Waals surface area contributed by atoms with E-state index in [1.54, 1.807) is 7.11 Å². The molecule has 0 atom stereocenters. The molecular formula is C21H31N3O3. The van der Waals surface area contributed by atoms with Crippen LogP contribution < -0.4 is 10.1 Å². The number of carbonyl (C=O) groups is 2. The Kier molecular flexibility index (Phi) is 6.34. The zero-order valence-corrected chi connectivity index (χ0v) is 16.7. The predicted octanol–water partition coefficient (Wildman–Crippen LogP) is 3.43. The molecule has 3 rings (SSSR count). The minimum atomic E-state index is 0.0326. The third-order valence-electron chi connectivity index (χ3n) is 6.02. The number of hydrogen-bond acceptors (Lipinski definition) is 4. The summed E-state index contributed by atoms with van der Waals surface area (Å²) in [6, 6.07) is 2.19. The molecule has 27 heavy (non-hydrogen) atoms. The van der Waals surface area contributed by atoms with E-state index in [0.29, 0.717) is 42.9 Å². The van der Waals surface area contributed by atoms with Crippen molar-refractivity contribution in [2.24, 2.45) is 5.92 Å². The number of carbonyl (C=O) groups excluding carboxylic acids is 2. The maximum atomic E-state index is 12.9. The van der Waals surface area contributed by atoms with Crippen LogP contribution in [0.4, 0.5) is 0 Å². The van der Waals surface area contributed by atoms with E-state index in [1.165, 1.54) is 12.8 Å². The van der Waals surface area contributed by atoms with Crippen LogP contribution >= 0.6 is 0 Å².